The number of fused-ring (bicyclic) bond motifs is 6. The lowest BCUT2D eigenvalue weighted by atomic mass is 10.0. The zero-order valence-electron chi connectivity index (χ0n) is 39.3. The average molecular weight is 951 g/mol. The molecule has 0 fully saturated rings. The molecule has 8 aromatic heterocycles. The Morgan fingerprint density at radius 2 is 0.527 bits per heavy atom. The van der Waals surface area contributed by atoms with Gasteiger partial charge in [-0.15, -0.1) is 0 Å². The summed E-state index contributed by atoms with van der Waals surface area (Å²) in [6.07, 6.45) is 6.96. The molecule has 346 valence electrons. The third kappa shape index (κ3) is 7.49. The number of hydrogen-bond donors (Lipinski definition) is 0. The van der Waals surface area contributed by atoms with Crippen LogP contribution in [-0.2, 0) is 0 Å². The molecule has 0 unspecified atom stereocenters. The summed E-state index contributed by atoms with van der Waals surface area (Å²) in [4.78, 5) is 47.2. The molecule has 14 rings (SSSR count). The molecule has 0 spiro atoms. The molecule has 14 aromatic rings. The van der Waals surface area contributed by atoms with Gasteiger partial charge in [0.1, 0.15) is 22.8 Å². The Hall–Kier alpha value is -10.5. The van der Waals surface area contributed by atoms with Crippen LogP contribution in [0.15, 0.2) is 231 Å². The molecule has 0 aliphatic rings. The van der Waals surface area contributed by atoms with E-state index in [-0.39, 0.29) is 0 Å². The van der Waals surface area contributed by atoms with E-state index in [9.17, 15) is 0 Å². The van der Waals surface area contributed by atoms with Gasteiger partial charge in [0.15, 0.2) is 34.9 Å². The van der Waals surface area contributed by atoms with Crippen molar-refractivity contribution in [2.45, 2.75) is 0 Å². The maximum absolute atomic E-state index is 4.89. The molecule has 8 heterocycles. The molecule has 0 bridgehead atoms. The van der Waals surface area contributed by atoms with Crippen LogP contribution in [0.2, 0.25) is 0 Å². The Morgan fingerprint density at radius 3 is 0.865 bits per heavy atom. The first kappa shape index (κ1) is 42.4. The van der Waals surface area contributed by atoms with Crippen LogP contribution < -0.4 is 0 Å². The van der Waals surface area contributed by atoms with E-state index in [0.717, 1.165) is 55.7 Å². The average Bonchev–Trinajstić information content (AvgIpc) is 4.02. The summed E-state index contributed by atoms with van der Waals surface area (Å²) in [7, 11) is 0. The van der Waals surface area contributed by atoms with Crippen LogP contribution >= 0.6 is 0 Å². The predicted molar refractivity (Wildman–Crippen MR) is 291 cm³/mol. The molecule has 0 saturated heterocycles. The molecule has 0 aliphatic heterocycles. The van der Waals surface area contributed by atoms with Crippen LogP contribution in [0, 0.1) is 0 Å². The minimum absolute atomic E-state index is 0.486. The second-order valence-electron chi connectivity index (χ2n) is 17.7. The van der Waals surface area contributed by atoms with Gasteiger partial charge in [-0.25, -0.2) is 29.9 Å². The lowest BCUT2D eigenvalue weighted by Crippen LogP contribution is -2.02. The number of pyridine rings is 4. The van der Waals surface area contributed by atoms with Crippen LogP contribution in [0.5, 0.6) is 0 Å². The highest BCUT2D eigenvalue weighted by molar-refractivity contribution is 6.12. The summed E-state index contributed by atoms with van der Waals surface area (Å²) in [5.41, 5.74) is 13.1. The van der Waals surface area contributed by atoms with E-state index in [1.807, 2.05) is 72.8 Å². The molecule has 0 atom stereocenters. The maximum Gasteiger partial charge on any atom is 0.182 e. The second kappa shape index (κ2) is 17.7. The number of para-hydroxylation sites is 2. The van der Waals surface area contributed by atoms with E-state index in [0.29, 0.717) is 57.7 Å². The highest BCUT2D eigenvalue weighted by Gasteiger charge is 2.19. The molecule has 0 saturated carbocycles. The molecule has 12 heteroatoms. The summed E-state index contributed by atoms with van der Waals surface area (Å²) >= 11 is 0. The van der Waals surface area contributed by atoms with Gasteiger partial charge in [-0.1, -0.05) is 72.8 Å². The minimum atomic E-state index is 0.486. The molecule has 0 radical (unpaired) electrons. The van der Waals surface area contributed by atoms with Gasteiger partial charge in [-0.05, 0) is 145 Å². The van der Waals surface area contributed by atoms with Crippen LogP contribution in [-0.4, -0.2) is 59.0 Å². The van der Waals surface area contributed by atoms with Crippen molar-refractivity contribution in [2.24, 2.45) is 0 Å². The fourth-order valence-electron chi connectivity index (χ4n) is 9.83. The molecule has 12 nitrogen and oxygen atoms in total. The third-order valence-electron chi connectivity index (χ3n) is 13.3. The SMILES string of the molecule is c1ccc(-c2nc(-c3ccc(-n4c5ccccc5c5cc(-c6ccc7c(c6)c6ccccc6n7-c6ccc(-c7nc(-c8ccccn8)nc(-c8ccccn8)n7)cc6)ccc54)cc3)nc(-c3ccccn3)n2)nc1. The van der Waals surface area contributed by atoms with E-state index >= 15 is 0 Å². The fraction of sp³-hybridized carbons (Fsp3) is 0. The first-order valence-electron chi connectivity index (χ1n) is 24.1. The predicted octanol–water partition coefficient (Wildman–Crippen LogP) is 13.5. The number of nitrogens with zero attached hydrogens (tertiary/aromatic N) is 12. The molecule has 0 N–H and O–H groups in total. The van der Waals surface area contributed by atoms with Gasteiger partial charge in [0.2, 0.25) is 0 Å². The van der Waals surface area contributed by atoms with Gasteiger partial charge >= 0.3 is 0 Å². The molecule has 0 aliphatic carbocycles. The number of hydrogen-bond acceptors (Lipinski definition) is 10. The molecular weight excluding hydrogens is 913 g/mol. The summed E-state index contributed by atoms with van der Waals surface area (Å²) in [5, 5.41) is 4.68. The topological polar surface area (TPSA) is 139 Å². The first-order chi connectivity index (χ1) is 36.7. The highest BCUT2D eigenvalue weighted by atomic mass is 15.1. The largest absolute Gasteiger partial charge is 0.309 e. The van der Waals surface area contributed by atoms with Crippen LogP contribution in [0.1, 0.15) is 0 Å². The van der Waals surface area contributed by atoms with Crippen molar-refractivity contribution in [2.75, 3.05) is 0 Å². The van der Waals surface area contributed by atoms with Crippen LogP contribution in [0.3, 0.4) is 0 Å². The Labute approximate surface area is 423 Å². The van der Waals surface area contributed by atoms with Gasteiger partial charge in [0.25, 0.3) is 0 Å². The summed E-state index contributed by atoms with van der Waals surface area (Å²) in [6.45, 7) is 0. The van der Waals surface area contributed by atoms with Crippen molar-refractivity contribution >= 4 is 43.6 Å². The van der Waals surface area contributed by atoms with Crippen molar-refractivity contribution in [3.8, 4) is 91.4 Å². The van der Waals surface area contributed by atoms with E-state index in [1.165, 1.54) is 21.5 Å². The monoisotopic (exact) mass is 950 g/mol. The summed E-state index contributed by atoms with van der Waals surface area (Å²) < 4.78 is 4.65. The lowest BCUT2D eigenvalue weighted by Gasteiger charge is -2.11. The van der Waals surface area contributed by atoms with Crippen molar-refractivity contribution in [3.05, 3.63) is 231 Å². The maximum atomic E-state index is 4.89. The van der Waals surface area contributed by atoms with Gasteiger partial charge in [0.05, 0.1) is 22.1 Å². The molecule has 6 aromatic carbocycles. The van der Waals surface area contributed by atoms with Gasteiger partial charge < -0.3 is 9.13 Å². The van der Waals surface area contributed by atoms with Crippen molar-refractivity contribution in [1.82, 2.24) is 59.0 Å². The zero-order valence-corrected chi connectivity index (χ0v) is 39.3. The highest BCUT2D eigenvalue weighted by Crippen LogP contribution is 2.39. The quantitative estimate of drug-likeness (QED) is 0.137. The Balaban J connectivity index is 0.814. The summed E-state index contributed by atoms with van der Waals surface area (Å²) in [6, 6.07) is 70.4. The number of rotatable bonds is 9. The standard InChI is InChI=1S/C62H38N12/c1-3-19-53-45(13-1)47-37-41(25-31-55(47)73(53)43-27-21-39(22-28-43)57-67-59(49-15-5-9-33-63-49)71-60(68-57)50-16-6-10-34-64-50)42-26-32-56-48(38-42)46-14-2-4-20-54(46)74(56)44-29-23-40(24-30-44)58-69-61(51-17-7-11-35-65-51)72-62(70-58)52-18-8-12-36-66-52/h1-38H. The third-order valence-corrected chi connectivity index (χ3v) is 13.3. The minimum Gasteiger partial charge on any atom is -0.309 e. The zero-order chi connectivity index (χ0) is 49.0. The fourth-order valence-corrected chi connectivity index (χ4v) is 9.83. The molecular formula is C62H38N12. The van der Waals surface area contributed by atoms with E-state index in [4.69, 9.17) is 29.9 Å². The van der Waals surface area contributed by atoms with Crippen molar-refractivity contribution in [1.29, 1.82) is 0 Å². The number of aromatic nitrogens is 12. The Morgan fingerprint density at radius 1 is 0.230 bits per heavy atom. The van der Waals surface area contributed by atoms with E-state index < -0.39 is 0 Å². The molecule has 0 amide bonds. The van der Waals surface area contributed by atoms with Gasteiger partial charge in [0, 0.05) is 68.8 Å². The van der Waals surface area contributed by atoms with Gasteiger partial charge in [-0.3, -0.25) is 19.9 Å². The van der Waals surface area contributed by atoms with Crippen LogP contribution in [0.4, 0.5) is 0 Å². The summed E-state index contributed by atoms with van der Waals surface area (Å²) in [5.74, 6) is 3.03. The van der Waals surface area contributed by atoms with E-state index in [2.05, 4.69) is 163 Å². The normalized spacial score (nSPS) is 11.5. The van der Waals surface area contributed by atoms with Gasteiger partial charge in [-0.2, -0.15) is 0 Å². The van der Waals surface area contributed by atoms with E-state index in [1.54, 1.807) is 24.8 Å². The smallest absolute Gasteiger partial charge is 0.182 e. The number of benzene rings is 6. The molecule has 74 heavy (non-hydrogen) atoms. The lowest BCUT2D eigenvalue weighted by molar-refractivity contribution is 1.04. The van der Waals surface area contributed by atoms with Crippen LogP contribution in [0.25, 0.3) is 135 Å². The van der Waals surface area contributed by atoms with Crippen molar-refractivity contribution in [3.63, 3.8) is 0 Å². The Bertz CT molecular complexity index is 3990. The second-order valence-corrected chi connectivity index (χ2v) is 17.7. The van der Waals surface area contributed by atoms with Crippen molar-refractivity contribution < 1.29 is 0 Å². The Kier molecular flexibility index (Phi) is 10.2. The first-order valence-corrected chi connectivity index (χ1v) is 24.1.